The van der Waals surface area contributed by atoms with Gasteiger partial charge in [-0.2, -0.15) is 0 Å². The minimum absolute atomic E-state index is 0.249. The highest BCUT2D eigenvalue weighted by Crippen LogP contribution is 2.32. The van der Waals surface area contributed by atoms with Gasteiger partial charge in [-0.25, -0.2) is 0 Å². The van der Waals surface area contributed by atoms with Gasteiger partial charge in [0.15, 0.2) is 0 Å². The van der Waals surface area contributed by atoms with Gasteiger partial charge in [0.2, 0.25) is 0 Å². The molecule has 3 atom stereocenters. The van der Waals surface area contributed by atoms with E-state index >= 15 is 0 Å². The van der Waals surface area contributed by atoms with Crippen LogP contribution in [-0.2, 0) is 4.74 Å². The second-order valence-electron chi connectivity index (χ2n) is 5.94. The summed E-state index contributed by atoms with van der Waals surface area (Å²) in [4.78, 5) is 0. The topological polar surface area (TPSA) is 29.5 Å². The summed E-state index contributed by atoms with van der Waals surface area (Å²) in [7, 11) is 6.39. The first-order valence-electron chi connectivity index (χ1n) is 5.29. The molecule has 0 aromatic rings. The molecule has 3 nitrogen and oxygen atoms in total. The van der Waals surface area contributed by atoms with Gasteiger partial charge < -0.3 is 14.3 Å². The highest BCUT2D eigenvalue weighted by Gasteiger charge is 2.48. The van der Waals surface area contributed by atoms with Crippen LogP contribution in [0.4, 0.5) is 0 Å². The maximum absolute atomic E-state index is 10.3. The van der Waals surface area contributed by atoms with Crippen LogP contribution in [0, 0.1) is 5.92 Å². The minimum Gasteiger partial charge on any atom is -0.384 e. The third kappa shape index (κ3) is 2.10. The molecule has 1 rings (SSSR count). The van der Waals surface area contributed by atoms with E-state index in [0.717, 1.165) is 11.1 Å². The van der Waals surface area contributed by atoms with E-state index in [1.54, 1.807) is 0 Å². The van der Waals surface area contributed by atoms with Crippen molar-refractivity contribution in [3.05, 3.63) is 0 Å². The molecule has 0 radical (unpaired) electrons. The molecule has 14 heavy (non-hydrogen) atoms. The molecule has 0 aliphatic carbocycles. The van der Waals surface area contributed by atoms with E-state index in [1.165, 1.54) is 0 Å². The number of rotatable bonds is 1. The van der Waals surface area contributed by atoms with E-state index in [9.17, 15) is 5.11 Å². The molecule has 1 aliphatic heterocycles. The van der Waals surface area contributed by atoms with Crippen molar-refractivity contribution in [3.63, 3.8) is 0 Å². The molecule has 0 saturated carbocycles. The summed E-state index contributed by atoms with van der Waals surface area (Å²) in [5.41, 5.74) is -0.414. The second kappa shape index (κ2) is 3.47. The molecule has 3 heteroatoms. The Morgan fingerprint density at radius 2 is 1.79 bits per heavy atom. The van der Waals surface area contributed by atoms with Crippen molar-refractivity contribution >= 4 is 0 Å². The lowest BCUT2D eigenvalue weighted by molar-refractivity contribution is -0.906. The molecule has 0 aromatic heterocycles. The van der Waals surface area contributed by atoms with Crippen molar-refractivity contribution in [2.45, 2.75) is 38.5 Å². The largest absolute Gasteiger partial charge is 0.384 e. The van der Waals surface area contributed by atoms with Crippen LogP contribution in [0.15, 0.2) is 0 Å². The molecule has 1 saturated heterocycles. The van der Waals surface area contributed by atoms with E-state index in [4.69, 9.17) is 4.74 Å². The Labute approximate surface area is 87.3 Å². The van der Waals surface area contributed by atoms with Crippen molar-refractivity contribution in [2.24, 2.45) is 5.92 Å². The van der Waals surface area contributed by atoms with Crippen molar-refractivity contribution in [1.82, 2.24) is 0 Å². The molecule has 84 valence electrons. The van der Waals surface area contributed by atoms with Crippen LogP contribution in [-0.4, -0.2) is 55.1 Å². The fraction of sp³-hybridized carbons (Fsp3) is 1.00. The molecule has 0 spiro atoms. The molecule has 2 unspecified atom stereocenters. The standard InChI is InChI=1S/C11H24NO2/c1-8-7-14-11(2,3)10(13)9(8)12(4,5)6/h8-10,13H,7H2,1-6H3/q+1/t8?,9?,10-/m0/s1. The van der Waals surface area contributed by atoms with Crippen LogP contribution in [0.25, 0.3) is 0 Å². The quantitative estimate of drug-likeness (QED) is 0.639. The number of hydrogen-bond acceptors (Lipinski definition) is 2. The number of aliphatic hydroxyl groups excluding tert-OH is 1. The van der Waals surface area contributed by atoms with Gasteiger partial charge in [-0.05, 0) is 13.8 Å². The zero-order valence-corrected chi connectivity index (χ0v) is 10.2. The Balaban J connectivity index is 2.90. The number of quaternary nitrogens is 1. The van der Waals surface area contributed by atoms with Gasteiger partial charge in [0.05, 0.1) is 33.4 Å². The van der Waals surface area contributed by atoms with Crippen LogP contribution < -0.4 is 0 Å². The number of nitrogens with zero attached hydrogens (tertiary/aromatic N) is 1. The summed E-state index contributed by atoms with van der Waals surface area (Å²) in [5, 5.41) is 10.3. The fourth-order valence-electron chi connectivity index (χ4n) is 2.44. The highest BCUT2D eigenvalue weighted by molar-refractivity contribution is 4.92. The summed E-state index contributed by atoms with van der Waals surface area (Å²) in [6.07, 6.45) is -0.397. The maximum Gasteiger partial charge on any atom is 0.134 e. The molecule has 1 aliphatic rings. The van der Waals surface area contributed by atoms with Gasteiger partial charge in [0.25, 0.3) is 0 Å². The zero-order chi connectivity index (χ0) is 11.1. The summed E-state index contributed by atoms with van der Waals surface area (Å²) >= 11 is 0. The van der Waals surface area contributed by atoms with Gasteiger partial charge in [0, 0.05) is 5.92 Å². The summed E-state index contributed by atoms with van der Waals surface area (Å²) in [6, 6.07) is 0.249. The van der Waals surface area contributed by atoms with E-state index < -0.39 is 11.7 Å². The number of hydrogen-bond donors (Lipinski definition) is 1. The first-order chi connectivity index (χ1) is 6.16. The van der Waals surface area contributed by atoms with Crippen LogP contribution in [0.1, 0.15) is 20.8 Å². The molecule has 0 bridgehead atoms. The number of ether oxygens (including phenoxy) is 1. The normalized spacial score (nSPS) is 38.4. The van der Waals surface area contributed by atoms with Crippen molar-refractivity contribution in [1.29, 1.82) is 0 Å². The number of aliphatic hydroxyl groups is 1. The highest BCUT2D eigenvalue weighted by atomic mass is 16.5. The van der Waals surface area contributed by atoms with E-state index in [0.29, 0.717) is 5.92 Å². The number of likely N-dealkylation sites (N-methyl/N-ethyl adjacent to an activating group) is 1. The average molecular weight is 202 g/mol. The Morgan fingerprint density at radius 3 is 2.14 bits per heavy atom. The Morgan fingerprint density at radius 1 is 1.29 bits per heavy atom. The van der Waals surface area contributed by atoms with E-state index in [2.05, 4.69) is 28.1 Å². The van der Waals surface area contributed by atoms with Crippen LogP contribution in [0.5, 0.6) is 0 Å². The van der Waals surface area contributed by atoms with Crippen molar-refractivity contribution < 1.29 is 14.3 Å². The molecule has 1 fully saturated rings. The first kappa shape index (κ1) is 12.0. The van der Waals surface area contributed by atoms with Gasteiger partial charge >= 0.3 is 0 Å². The summed E-state index contributed by atoms with van der Waals surface area (Å²) < 4.78 is 6.44. The van der Waals surface area contributed by atoms with E-state index in [1.807, 2.05) is 13.8 Å². The molecule has 0 amide bonds. The third-order valence-electron chi connectivity index (χ3n) is 3.23. The summed E-state index contributed by atoms with van der Waals surface area (Å²) in [6.45, 7) is 6.81. The van der Waals surface area contributed by atoms with E-state index in [-0.39, 0.29) is 6.04 Å². The first-order valence-corrected chi connectivity index (χ1v) is 5.29. The Bertz CT molecular complexity index is 208. The molecule has 1 heterocycles. The molecular weight excluding hydrogens is 178 g/mol. The smallest absolute Gasteiger partial charge is 0.134 e. The second-order valence-corrected chi connectivity index (χ2v) is 5.94. The predicted octanol–water partition coefficient (Wildman–Crippen LogP) is 0.867. The minimum atomic E-state index is -0.414. The average Bonchev–Trinajstić information content (AvgIpc) is 1.96. The Hall–Kier alpha value is -0.120. The maximum atomic E-state index is 10.3. The fourth-order valence-corrected chi connectivity index (χ4v) is 2.44. The molecular formula is C11H24NO2+. The predicted molar refractivity (Wildman–Crippen MR) is 57.0 cm³/mol. The zero-order valence-electron chi connectivity index (χ0n) is 10.2. The summed E-state index contributed by atoms with van der Waals surface area (Å²) in [5.74, 6) is 0.401. The lowest BCUT2D eigenvalue weighted by Gasteiger charge is -2.49. The van der Waals surface area contributed by atoms with Gasteiger partial charge in [-0.3, -0.25) is 0 Å². The molecule has 1 N–H and O–H groups in total. The van der Waals surface area contributed by atoms with Crippen molar-refractivity contribution in [3.8, 4) is 0 Å². The van der Waals surface area contributed by atoms with Gasteiger partial charge in [-0.15, -0.1) is 0 Å². The lowest BCUT2D eigenvalue weighted by Crippen LogP contribution is -2.65. The monoisotopic (exact) mass is 202 g/mol. The van der Waals surface area contributed by atoms with Crippen LogP contribution >= 0.6 is 0 Å². The lowest BCUT2D eigenvalue weighted by atomic mass is 9.83. The Kier molecular flexibility index (Phi) is 2.96. The van der Waals surface area contributed by atoms with Gasteiger partial charge in [0.1, 0.15) is 12.1 Å². The third-order valence-corrected chi connectivity index (χ3v) is 3.23. The molecule has 0 aromatic carbocycles. The van der Waals surface area contributed by atoms with Crippen molar-refractivity contribution in [2.75, 3.05) is 27.7 Å². The van der Waals surface area contributed by atoms with Crippen LogP contribution in [0.2, 0.25) is 0 Å². The SMILES string of the molecule is CC1COC(C)(C)[C@@H](O)C1[N+](C)(C)C. The van der Waals surface area contributed by atoms with Gasteiger partial charge in [-0.1, -0.05) is 6.92 Å². The van der Waals surface area contributed by atoms with Crippen LogP contribution in [0.3, 0.4) is 0 Å².